The molecule has 0 aliphatic rings. The number of hydrogen-bond donors (Lipinski definition) is 1. The molecular formula is C19H17FN2O3. The Labute approximate surface area is 144 Å². The highest BCUT2D eigenvalue weighted by Gasteiger charge is 2.10. The van der Waals surface area contributed by atoms with E-state index in [1.54, 1.807) is 13.2 Å². The van der Waals surface area contributed by atoms with Crippen LogP contribution < -0.4 is 14.8 Å². The van der Waals surface area contributed by atoms with E-state index in [2.05, 4.69) is 10.3 Å². The molecule has 1 amide bonds. The minimum atomic E-state index is -0.359. The Kier molecular flexibility index (Phi) is 4.79. The summed E-state index contributed by atoms with van der Waals surface area (Å²) in [4.78, 5) is 16.5. The number of nitrogens with zero attached hydrogens (tertiary/aromatic N) is 1. The highest BCUT2D eigenvalue weighted by atomic mass is 19.1. The molecule has 1 N–H and O–H groups in total. The Morgan fingerprint density at radius 3 is 2.64 bits per heavy atom. The Bertz CT molecular complexity index is 910. The molecule has 0 fully saturated rings. The number of methoxy groups -OCH3 is 1. The standard InChI is InChI=1S/C19H17FN2O3/c1-12-9-18(16-10-15(24-2)7-8-17(16)21-12)25-11-19(23)22-14-5-3-13(20)4-6-14/h3-10H,11H2,1-2H3,(H,22,23). The lowest BCUT2D eigenvalue weighted by atomic mass is 10.1. The maximum absolute atomic E-state index is 12.9. The maximum Gasteiger partial charge on any atom is 0.262 e. The van der Waals surface area contributed by atoms with Crippen LogP contribution in [0.2, 0.25) is 0 Å². The van der Waals surface area contributed by atoms with E-state index in [0.717, 1.165) is 16.6 Å². The quantitative estimate of drug-likeness (QED) is 0.769. The van der Waals surface area contributed by atoms with Gasteiger partial charge in [0.2, 0.25) is 0 Å². The van der Waals surface area contributed by atoms with E-state index in [9.17, 15) is 9.18 Å². The number of benzene rings is 2. The number of carbonyl (C=O) groups excluding carboxylic acids is 1. The number of fused-ring (bicyclic) bond motifs is 1. The number of halogens is 1. The van der Waals surface area contributed by atoms with Crippen molar-refractivity contribution in [2.45, 2.75) is 6.92 Å². The Morgan fingerprint density at radius 1 is 1.16 bits per heavy atom. The molecule has 0 saturated carbocycles. The Morgan fingerprint density at radius 2 is 1.92 bits per heavy atom. The number of hydrogen-bond acceptors (Lipinski definition) is 4. The summed E-state index contributed by atoms with van der Waals surface area (Å²) in [6, 6.07) is 12.8. The van der Waals surface area contributed by atoms with Crippen LogP contribution >= 0.6 is 0 Å². The average Bonchev–Trinajstić information content (AvgIpc) is 2.61. The second-order valence-electron chi connectivity index (χ2n) is 5.49. The van der Waals surface area contributed by atoms with Gasteiger partial charge in [-0.05, 0) is 49.4 Å². The van der Waals surface area contributed by atoms with Gasteiger partial charge in [0.15, 0.2) is 6.61 Å². The molecule has 3 rings (SSSR count). The fraction of sp³-hybridized carbons (Fsp3) is 0.158. The van der Waals surface area contributed by atoms with Gasteiger partial charge in [-0.3, -0.25) is 9.78 Å². The monoisotopic (exact) mass is 340 g/mol. The number of pyridine rings is 1. The van der Waals surface area contributed by atoms with Crippen molar-refractivity contribution in [1.82, 2.24) is 4.98 Å². The summed E-state index contributed by atoms with van der Waals surface area (Å²) >= 11 is 0. The Balaban J connectivity index is 1.75. The van der Waals surface area contributed by atoms with Crippen molar-refractivity contribution in [2.24, 2.45) is 0 Å². The molecule has 3 aromatic rings. The summed E-state index contributed by atoms with van der Waals surface area (Å²) in [7, 11) is 1.58. The van der Waals surface area contributed by atoms with Crippen LogP contribution in [-0.4, -0.2) is 24.6 Å². The molecular weight excluding hydrogens is 323 g/mol. The van der Waals surface area contributed by atoms with E-state index >= 15 is 0 Å². The highest BCUT2D eigenvalue weighted by Crippen LogP contribution is 2.29. The second-order valence-corrected chi connectivity index (χ2v) is 5.49. The largest absolute Gasteiger partial charge is 0.497 e. The molecule has 25 heavy (non-hydrogen) atoms. The third-order valence-electron chi connectivity index (χ3n) is 3.59. The lowest BCUT2D eigenvalue weighted by molar-refractivity contribution is -0.118. The topological polar surface area (TPSA) is 60.5 Å². The second kappa shape index (κ2) is 7.17. The number of anilines is 1. The first-order valence-electron chi connectivity index (χ1n) is 7.69. The molecule has 5 nitrogen and oxygen atoms in total. The molecule has 0 bridgehead atoms. The number of amides is 1. The van der Waals surface area contributed by atoms with Crippen LogP contribution in [0.5, 0.6) is 11.5 Å². The molecule has 2 aromatic carbocycles. The number of aromatic nitrogens is 1. The summed E-state index contributed by atoms with van der Waals surface area (Å²) < 4.78 is 23.8. The van der Waals surface area contributed by atoms with Gasteiger partial charge in [0, 0.05) is 22.8 Å². The first-order valence-corrected chi connectivity index (χ1v) is 7.69. The van der Waals surface area contributed by atoms with Gasteiger partial charge in [-0.1, -0.05) is 0 Å². The highest BCUT2D eigenvalue weighted by molar-refractivity contribution is 5.92. The minimum absolute atomic E-state index is 0.173. The SMILES string of the molecule is COc1ccc2nc(C)cc(OCC(=O)Nc3ccc(F)cc3)c2c1. The van der Waals surface area contributed by atoms with Crippen LogP contribution in [-0.2, 0) is 4.79 Å². The number of carbonyl (C=O) groups is 1. The van der Waals surface area contributed by atoms with Gasteiger partial charge >= 0.3 is 0 Å². The number of rotatable bonds is 5. The van der Waals surface area contributed by atoms with Crippen LogP contribution in [0.4, 0.5) is 10.1 Å². The molecule has 0 unspecified atom stereocenters. The van der Waals surface area contributed by atoms with Crippen molar-refractivity contribution in [3.05, 3.63) is 60.0 Å². The molecule has 1 aromatic heterocycles. The minimum Gasteiger partial charge on any atom is -0.497 e. The fourth-order valence-corrected chi connectivity index (χ4v) is 2.42. The smallest absolute Gasteiger partial charge is 0.262 e. The predicted octanol–water partition coefficient (Wildman–Crippen LogP) is 3.71. The number of ether oxygens (including phenoxy) is 2. The van der Waals surface area contributed by atoms with Crippen LogP contribution in [0.25, 0.3) is 10.9 Å². The van der Waals surface area contributed by atoms with Crippen LogP contribution in [0, 0.1) is 12.7 Å². The number of aryl methyl sites for hydroxylation is 1. The van der Waals surface area contributed by atoms with E-state index in [1.165, 1.54) is 24.3 Å². The van der Waals surface area contributed by atoms with E-state index in [0.29, 0.717) is 17.2 Å². The van der Waals surface area contributed by atoms with Crippen molar-refractivity contribution < 1.29 is 18.7 Å². The van der Waals surface area contributed by atoms with Crippen LogP contribution in [0.15, 0.2) is 48.5 Å². The predicted molar refractivity (Wildman–Crippen MR) is 93.6 cm³/mol. The summed E-state index contributed by atoms with van der Waals surface area (Å²) in [5, 5.41) is 3.42. The third kappa shape index (κ3) is 4.03. The van der Waals surface area contributed by atoms with Crippen LogP contribution in [0.1, 0.15) is 5.69 Å². The Hall–Kier alpha value is -3.15. The molecule has 0 saturated heterocycles. The molecule has 0 spiro atoms. The van der Waals surface area contributed by atoms with Crippen molar-refractivity contribution in [1.29, 1.82) is 0 Å². The zero-order valence-electron chi connectivity index (χ0n) is 13.9. The summed E-state index contributed by atoms with van der Waals surface area (Å²) in [5.74, 6) is 0.536. The van der Waals surface area contributed by atoms with E-state index in [1.807, 2.05) is 25.1 Å². The van der Waals surface area contributed by atoms with Crippen molar-refractivity contribution >= 4 is 22.5 Å². The zero-order chi connectivity index (χ0) is 17.8. The lowest BCUT2D eigenvalue weighted by Gasteiger charge is -2.11. The molecule has 0 aliphatic carbocycles. The molecule has 1 heterocycles. The van der Waals surface area contributed by atoms with E-state index in [-0.39, 0.29) is 18.3 Å². The van der Waals surface area contributed by atoms with Gasteiger partial charge in [0.25, 0.3) is 5.91 Å². The van der Waals surface area contributed by atoms with Gasteiger partial charge in [0.1, 0.15) is 17.3 Å². The summed E-state index contributed by atoms with van der Waals surface area (Å²) in [6.45, 7) is 1.68. The summed E-state index contributed by atoms with van der Waals surface area (Å²) in [5.41, 5.74) is 2.05. The lowest BCUT2D eigenvalue weighted by Crippen LogP contribution is -2.20. The van der Waals surface area contributed by atoms with Crippen molar-refractivity contribution in [2.75, 3.05) is 19.0 Å². The zero-order valence-corrected chi connectivity index (χ0v) is 13.9. The molecule has 0 atom stereocenters. The van der Waals surface area contributed by atoms with E-state index < -0.39 is 0 Å². The normalized spacial score (nSPS) is 10.5. The van der Waals surface area contributed by atoms with Crippen molar-refractivity contribution in [3.63, 3.8) is 0 Å². The van der Waals surface area contributed by atoms with Crippen molar-refractivity contribution in [3.8, 4) is 11.5 Å². The summed E-state index contributed by atoms with van der Waals surface area (Å²) in [6.07, 6.45) is 0. The van der Waals surface area contributed by atoms with Gasteiger partial charge < -0.3 is 14.8 Å². The van der Waals surface area contributed by atoms with Gasteiger partial charge in [-0.25, -0.2) is 4.39 Å². The third-order valence-corrected chi connectivity index (χ3v) is 3.59. The first-order chi connectivity index (χ1) is 12.0. The molecule has 0 radical (unpaired) electrons. The average molecular weight is 340 g/mol. The fourth-order valence-electron chi connectivity index (χ4n) is 2.42. The van der Waals surface area contributed by atoms with Gasteiger partial charge in [-0.2, -0.15) is 0 Å². The molecule has 0 aliphatic heterocycles. The first kappa shape index (κ1) is 16.7. The van der Waals surface area contributed by atoms with E-state index in [4.69, 9.17) is 9.47 Å². The van der Waals surface area contributed by atoms with Gasteiger partial charge in [0.05, 0.1) is 12.6 Å². The van der Waals surface area contributed by atoms with Crippen LogP contribution in [0.3, 0.4) is 0 Å². The maximum atomic E-state index is 12.9. The van der Waals surface area contributed by atoms with Gasteiger partial charge in [-0.15, -0.1) is 0 Å². The number of nitrogens with one attached hydrogen (secondary N) is 1. The molecule has 128 valence electrons. The molecule has 6 heteroatoms.